The van der Waals surface area contributed by atoms with Gasteiger partial charge in [-0.1, -0.05) is 64.5 Å². The van der Waals surface area contributed by atoms with Gasteiger partial charge in [0, 0.05) is 16.2 Å². The summed E-state index contributed by atoms with van der Waals surface area (Å²) in [6.45, 7) is 0. The van der Waals surface area contributed by atoms with Crippen LogP contribution in [0.2, 0.25) is 0 Å². The Morgan fingerprint density at radius 1 is 0.737 bits per heavy atom. The molecule has 0 amide bonds. The van der Waals surface area contributed by atoms with E-state index in [1.54, 1.807) is 0 Å². The molecule has 2 heteroatoms. The van der Waals surface area contributed by atoms with Crippen LogP contribution in [0.5, 0.6) is 0 Å². The summed E-state index contributed by atoms with van der Waals surface area (Å²) in [5.74, 6) is 0. The number of rotatable bonds is 2. The highest BCUT2D eigenvalue weighted by Crippen LogP contribution is 2.29. The van der Waals surface area contributed by atoms with E-state index >= 15 is 0 Å². The van der Waals surface area contributed by atoms with Gasteiger partial charge in [0.1, 0.15) is 0 Å². The van der Waals surface area contributed by atoms with Crippen LogP contribution in [0.25, 0.3) is 22.4 Å². The molecule has 0 radical (unpaired) electrons. The molecule has 0 spiro atoms. The van der Waals surface area contributed by atoms with Gasteiger partial charge >= 0.3 is 0 Å². The van der Waals surface area contributed by atoms with Crippen LogP contribution in [0, 0.1) is 0 Å². The number of pyridine rings is 1. The summed E-state index contributed by atoms with van der Waals surface area (Å²) in [4.78, 5) is 4.47. The fraction of sp³-hybridized carbons (Fsp3) is 0. The van der Waals surface area contributed by atoms with Crippen LogP contribution < -0.4 is 0 Å². The van der Waals surface area contributed by atoms with E-state index in [9.17, 15) is 0 Å². The van der Waals surface area contributed by atoms with Crippen molar-refractivity contribution in [1.82, 2.24) is 4.98 Å². The van der Waals surface area contributed by atoms with E-state index in [1.807, 2.05) is 48.7 Å². The van der Waals surface area contributed by atoms with Gasteiger partial charge in [0.25, 0.3) is 0 Å². The fourth-order valence-corrected chi connectivity index (χ4v) is 2.54. The second-order valence-corrected chi connectivity index (χ2v) is 5.13. The molecule has 92 valence electrons. The largest absolute Gasteiger partial charge is 0.256 e. The summed E-state index contributed by atoms with van der Waals surface area (Å²) in [5, 5.41) is 0. The summed E-state index contributed by atoms with van der Waals surface area (Å²) in [5.41, 5.74) is 4.48. The van der Waals surface area contributed by atoms with Crippen LogP contribution in [0.4, 0.5) is 0 Å². The van der Waals surface area contributed by atoms with Crippen LogP contribution >= 0.6 is 15.9 Å². The molecule has 0 aliphatic carbocycles. The molecule has 0 bridgehead atoms. The first-order valence-corrected chi connectivity index (χ1v) is 6.90. The molecule has 0 atom stereocenters. The van der Waals surface area contributed by atoms with E-state index in [0.717, 1.165) is 15.7 Å². The van der Waals surface area contributed by atoms with Gasteiger partial charge in [0.05, 0.1) is 5.69 Å². The lowest BCUT2D eigenvalue weighted by atomic mass is 10.0. The second-order valence-electron chi connectivity index (χ2n) is 4.28. The molecular formula is C17H12BrN. The molecule has 0 aliphatic rings. The highest BCUT2D eigenvalue weighted by atomic mass is 79.9. The van der Waals surface area contributed by atoms with E-state index in [4.69, 9.17) is 0 Å². The minimum Gasteiger partial charge on any atom is -0.256 e. The van der Waals surface area contributed by atoms with E-state index < -0.39 is 0 Å². The minimum absolute atomic E-state index is 0.980. The van der Waals surface area contributed by atoms with Crippen LogP contribution in [0.3, 0.4) is 0 Å². The first-order chi connectivity index (χ1) is 9.34. The van der Waals surface area contributed by atoms with Gasteiger partial charge in [-0.2, -0.15) is 0 Å². The average molecular weight is 310 g/mol. The number of hydrogen-bond donors (Lipinski definition) is 0. The number of halogens is 1. The summed E-state index contributed by atoms with van der Waals surface area (Å²) >= 11 is 3.57. The molecule has 0 saturated carbocycles. The first kappa shape index (κ1) is 12.1. The van der Waals surface area contributed by atoms with Gasteiger partial charge in [0.2, 0.25) is 0 Å². The highest BCUT2D eigenvalue weighted by molar-refractivity contribution is 9.10. The summed E-state index contributed by atoms with van der Waals surface area (Å²) in [6, 6.07) is 22.6. The Kier molecular flexibility index (Phi) is 3.43. The monoisotopic (exact) mass is 309 g/mol. The van der Waals surface area contributed by atoms with Crippen molar-refractivity contribution in [1.29, 1.82) is 0 Å². The third-order valence-corrected chi connectivity index (χ3v) is 3.71. The van der Waals surface area contributed by atoms with Gasteiger partial charge in [-0.3, -0.25) is 4.98 Å². The SMILES string of the molecule is Brc1ccccc1-c1cc(-c2ccccc2)ccn1. The first-order valence-electron chi connectivity index (χ1n) is 6.11. The van der Waals surface area contributed by atoms with Crippen LogP contribution in [0.1, 0.15) is 0 Å². The Balaban J connectivity index is 2.09. The maximum absolute atomic E-state index is 4.47. The van der Waals surface area contributed by atoms with E-state index in [0.29, 0.717) is 0 Å². The maximum Gasteiger partial charge on any atom is 0.0719 e. The van der Waals surface area contributed by atoms with E-state index in [2.05, 4.69) is 45.2 Å². The number of nitrogens with zero attached hydrogens (tertiary/aromatic N) is 1. The molecule has 0 fully saturated rings. The Morgan fingerprint density at radius 3 is 2.26 bits per heavy atom. The molecule has 2 aromatic carbocycles. The Labute approximate surface area is 121 Å². The van der Waals surface area contributed by atoms with Gasteiger partial charge in [-0.15, -0.1) is 0 Å². The number of benzene rings is 2. The van der Waals surface area contributed by atoms with Gasteiger partial charge in [0.15, 0.2) is 0 Å². The van der Waals surface area contributed by atoms with Gasteiger partial charge < -0.3 is 0 Å². The molecule has 0 N–H and O–H groups in total. The normalized spacial score (nSPS) is 10.4. The van der Waals surface area contributed by atoms with Crippen molar-refractivity contribution in [2.75, 3.05) is 0 Å². The van der Waals surface area contributed by atoms with Gasteiger partial charge in [-0.05, 0) is 29.3 Å². The fourth-order valence-electron chi connectivity index (χ4n) is 2.06. The molecule has 1 nitrogen and oxygen atoms in total. The van der Waals surface area contributed by atoms with E-state index in [-0.39, 0.29) is 0 Å². The lowest BCUT2D eigenvalue weighted by Crippen LogP contribution is -1.86. The van der Waals surface area contributed by atoms with Crippen LogP contribution in [-0.4, -0.2) is 4.98 Å². The molecule has 0 aliphatic heterocycles. The van der Waals surface area contributed by atoms with Crippen molar-refractivity contribution in [3.63, 3.8) is 0 Å². The average Bonchev–Trinajstić information content (AvgIpc) is 2.49. The Morgan fingerprint density at radius 2 is 1.47 bits per heavy atom. The third-order valence-electron chi connectivity index (χ3n) is 3.02. The lowest BCUT2D eigenvalue weighted by molar-refractivity contribution is 1.32. The van der Waals surface area contributed by atoms with Crippen LogP contribution in [0.15, 0.2) is 77.4 Å². The topological polar surface area (TPSA) is 12.9 Å². The molecule has 1 aromatic heterocycles. The molecule has 0 saturated heterocycles. The summed E-state index contributed by atoms with van der Waals surface area (Å²) in [7, 11) is 0. The predicted molar refractivity (Wildman–Crippen MR) is 82.8 cm³/mol. The number of hydrogen-bond acceptors (Lipinski definition) is 1. The van der Waals surface area contributed by atoms with Crippen molar-refractivity contribution >= 4 is 15.9 Å². The Bertz CT molecular complexity index is 692. The quantitative estimate of drug-likeness (QED) is 0.635. The molecule has 0 unspecified atom stereocenters. The zero-order valence-electron chi connectivity index (χ0n) is 10.3. The zero-order chi connectivity index (χ0) is 13.1. The van der Waals surface area contributed by atoms with Crippen molar-refractivity contribution in [3.8, 4) is 22.4 Å². The third kappa shape index (κ3) is 2.59. The molecular weight excluding hydrogens is 298 g/mol. The van der Waals surface area contributed by atoms with Gasteiger partial charge in [-0.25, -0.2) is 0 Å². The molecule has 3 rings (SSSR count). The second kappa shape index (κ2) is 5.37. The van der Waals surface area contributed by atoms with Crippen molar-refractivity contribution in [2.24, 2.45) is 0 Å². The van der Waals surface area contributed by atoms with E-state index in [1.165, 1.54) is 11.1 Å². The predicted octanol–water partition coefficient (Wildman–Crippen LogP) is 5.18. The molecule has 1 heterocycles. The molecule has 19 heavy (non-hydrogen) atoms. The minimum atomic E-state index is 0.980. The molecule has 3 aromatic rings. The highest BCUT2D eigenvalue weighted by Gasteiger charge is 2.05. The van der Waals surface area contributed by atoms with Crippen LogP contribution in [-0.2, 0) is 0 Å². The van der Waals surface area contributed by atoms with Crippen molar-refractivity contribution in [3.05, 3.63) is 77.4 Å². The lowest BCUT2D eigenvalue weighted by Gasteiger charge is -2.06. The summed E-state index contributed by atoms with van der Waals surface area (Å²) in [6.07, 6.45) is 1.86. The van der Waals surface area contributed by atoms with Crippen molar-refractivity contribution in [2.45, 2.75) is 0 Å². The maximum atomic E-state index is 4.47. The zero-order valence-corrected chi connectivity index (χ0v) is 11.8. The smallest absolute Gasteiger partial charge is 0.0719 e. The number of aromatic nitrogens is 1. The standard InChI is InChI=1S/C17H12BrN/c18-16-9-5-4-8-15(16)17-12-14(10-11-19-17)13-6-2-1-3-7-13/h1-12H. The van der Waals surface area contributed by atoms with Crippen molar-refractivity contribution < 1.29 is 0 Å². The summed E-state index contributed by atoms with van der Waals surface area (Å²) < 4.78 is 1.06. The Hall–Kier alpha value is -1.93.